The fourth-order valence-electron chi connectivity index (χ4n) is 4.28. The smallest absolute Gasteiger partial charge is 0.475 e. The molecule has 0 saturated carbocycles. The molecule has 1 aromatic carbocycles. The highest BCUT2D eigenvalue weighted by atomic mass is 19.4. The lowest BCUT2D eigenvalue weighted by Gasteiger charge is -2.33. The first-order valence-electron chi connectivity index (χ1n) is 13.1. The van der Waals surface area contributed by atoms with Crippen molar-refractivity contribution in [3.63, 3.8) is 0 Å². The molecule has 1 aromatic heterocycles. The van der Waals surface area contributed by atoms with E-state index in [0.29, 0.717) is 24.6 Å². The van der Waals surface area contributed by atoms with Gasteiger partial charge < -0.3 is 30.5 Å². The first-order valence-corrected chi connectivity index (χ1v) is 13.1. The summed E-state index contributed by atoms with van der Waals surface area (Å²) >= 11 is 0. The number of carboxylic acid groups (broad SMARTS) is 2. The van der Waals surface area contributed by atoms with Gasteiger partial charge in [-0.05, 0) is 67.0 Å². The Kier molecular flexibility index (Phi) is 12.8. The van der Waals surface area contributed by atoms with Crippen LogP contribution in [0.3, 0.4) is 0 Å². The third kappa shape index (κ3) is 11.6. The highest BCUT2D eigenvalue weighted by Crippen LogP contribution is 2.24. The molecule has 11 nitrogen and oxygen atoms in total. The summed E-state index contributed by atoms with van der Waals surface area (Å²) in [6, 6.07) is 9.85. The fourth-order valence-corrected chi connectivity index (χ4v) is 4.28. The average molecular weight is 636 g/mol. The maximum atomic E-state index is 12.6. The van der Waals surface area contributed by atoms with E-state index in [1.54, 1.807) is 0 Å². The van der Waals surface area contributed by atoms with Gasteiger partial charge in [-0.3, -0.25) is 10.4 Å². The van der Waals surface area contributed by atoms with Crippen molar-refractivity contribution in [1.29, 1.82) is 5.41 Å². The number of carbonyl (C=O) groups excluding carboxylic acids is 1. The maximum Gasteiger partial charge on any atom is 0.490 e. The van der Waals surface area contributed by atoms with Gasteiger partial charge >= 0.3 is 30.3 Å². The van der Waals surface area contributed by atoms with Gasteiger partial charge in [-0.25, -0.2) is 14.4 Å². The van der Waals surface area contributed by atoms with Crippen LogP contribution in [0.15, 0.2) is 42.7 Å². The minimum Gasteiger partial charge on any atom is -0.475 e. The number of halogens is 6. The van der Waals surface area contributed by atoms with Crippen LogP contribution in [0.2, 0.25) is 0 Å². The number of rotatable bonds is 4. The number of hydrogen-bond donors (Lipinski definition) is 4. The molecule has 1 fully saturated rings. The van der Waals surface area contributed by atoms with Crippen molar-refractivity contribution in [3.8, 4) is 0 Å². The number of benzene rings is 1. The Morgan fingerprint density at radius 3 is 1.98 bits per heavy atom. The van der Waals surface area contributed by atoms with Crippen LogP contribution in [0.4, 0.5) is 32.0 Å². The van der Waals surface area contributed by atoms with Gasteiger partial charge in [0.25, 0.3) is 0 Å². The number of carbonyl (C=O) groups is 3. The van der Waals surface area contributed by atoms with Crippen molar-refractivity contribution >= 4 is 29.6 Å². The molecule has 44 heavy (non-hydrogen) atoms. The van der Waals surface area contributed by atoms with E-state index in [9.17, 15) is 31.1 Å². The summed E-state index contributed by atoms with van der Waals surface area (Å²) < 4.78 is 69.1. The molecule has 0 spiro atoms. The molecule has 0 amide bonds. The topological polar surface area (TPSA) is 170 Å². The number of pyridine rings is 1. The Balaban J connectivity index is 0.000000402. The number of nitrogens with one attached hydrogen (secondary N) is 1. The number of carboxylic acids is 2. The van der Waals surface area contributed by atoms with Gasteiger partial charge in [-0.15, -0.1) is 0 Å². The number of aliphatic carboxylic acids is 2. The molecule has 17 heteroatoms. The van der Waals surface area contributed by atoms with Crippen LogP contribution in [-0.4, -0.2) is 82.6 Å². The number of nitrogens with zero attached hydrogens (tertiary/aromatic N) is 3. The number of aryl methyl sites for hydroxylation is 1. The van der Waals surface area contributed by atoms with E-state index < -0.39 is 24.3 Å². The van der Waals surface area contributed by atoms with Crippen LogP contribution in [-0.2, 0) is 27.3 Å². The van der Waals surface area contributed by atoms with Crippen molar-refractivity contribution in [2.45, 2.75) is 44.6 Å². The van der Waals surface area contributed by atoms with E-state index in [4.69, 9.17) is 35.7 Å². The van der Waals surface area contributed by atoms with Crippen molar-refractivity contribution in [1.82, 2.24) is 9.88 Å². The van der Waals surface area contributed by atoms with Gasteiger partial charge in [-0.2, -0.15) is 26.3 Å². The molecular weight excluding hydrogens is 604 g/mol. The molecule has 0 aliphatic carbocycles. The molecule has 2 aliphatic heterocycles. The van der Waals surface area contributed by atoms with Gasteiger partial charge in [0.1, 0.15) is 0 Å². The Labute approximate surface area is 247 Å². The molecule has 4 rings (SSSR count). The number of nitrogens with two attached hydrogens (primary N) is 1. The summed E-state index contributed by atoms with van der Waals surface area (Å²) in [5.74, 6) is -5.32. The molecule has 3 heterocycles. The Morgan fingerprint density at radius 1 is 0.932 bits per heavy atom. The monoisotopic (exact) mass is 635 g/mol. The largest absolute Gasteiger partial charge is 0.490 e. The number of piperidine rings is 1. The lowest BCUT2D eigenvalue weighted by Crippen LogP contribution is -2.36. The zero-order valence-corrected chi connectivity index (χ0v) is 23.2. The van der Waals surface area contributed by atoms with E-state index >= 15 is 0 Å². The second kappa shape index (κ2) is 15.8. The molecule has 0 bridgehead atoms. The number of esters is 1. The van der Waals surface area contributed by atoms with Crippen molar-refractivity contribution in [3.05, 3.63) is 59.4 Å². The maximum absolute atomic E-state index is 12.6. The van der Waals surface area contributed by atoms with E-state index in [1.807, 2.05) is 47.6 Å². The average Bonchev–Trinajstić information content (AvgIpc) is 3.19. The van der Waals surface area contributed by atoms with Crippen LogP contribution in [0.25, 0.3) is 0 Å². The van der Waals surface area contributed by atoms with E-state index in [1.165, 1.54) is 11.3 Å². The second-order valence-electron chi connectivity index (χ2n) is 9.73. The van der Waals surface area contributed by atoms with Crippen molar-refractivity contribution in [2.24, 2.45) is 11.7 Å². The Hall–Kier alpha value is -4.57. The number of guanidine groups is 1. The predicted octanol–water partition coefficient (Wildman–Crippen LogP) is 4.06. The third-order valence-corrected chi connectivity index (χ3v) is 6.60. The highest BCUT2D eigenvalue weighted by molar-refractivity contribution is 5.89. The SMILES string of the molecule is N=C(N)N1CCCc2ccc(C(=O)OCC3CCN(c4ccncc4)CC3)cc2C1.O=C(O)C(F)(F)F.O=C(O)C(F)(F)F. The number of fused-ring (bicyclic) bond motifs is 1. The van der Waals surface area contributed by atoms with Crippen LogP contribution in [0.5, 0.6) is 0 Å². The third-order valence-electron chi connectivity index (χ3n) is 6.60. The Morgan fingerprint density at radius 2 is 1.48 bits per heavy atom. The van der Waals surface area contributed by atoms with E-state index in [-0.39, 0.29) is 11.9 Å². The summed E-state index contributed by atoms with van der Waals surface area (Å²) in [5.41, 5.74) is 9.74. The quantitative estimate of drug-likeness (QED) is 0.166. The minimum atomic E-state index is -5.08. The van der Waals surface area contributed by atoms with Gasteiger partial charge in [0.05, 0.1) is 12.2 Å². The number of anilines is 1. The zero-order chi connectivity index (χ0) is 33.1. The van der Waals surface area contributed by atoms with Crippen LogP contribution >= 0.6 is 0 Å². The first-order chi connectivity index (χ1) is 20.5. The molecule has 2 aliphatic rings. The van der Waals surface area contributed by atoms with Gasteiger partial charge in [0.2, 0.25) is 0 Å². The molecule has 2 aromatic rings. The molecule has 0 unspecified atom stereocenters. The van der Waals surface area contributed by atoms with Crippen LogP contribution in [0.1, 0.15) is 40.7 Å². The van der Waals surface area contributed by atoms with Gasteiger partial charge in [0.15, 0.2) is 5.96 Å². The lowest BCUT2D eigenvalue weighted by molar-refractivity contribution is -0.193. The van der Waals surface area contributed by atoms with Gasteiger partial charge in [0, 0.05) is 44.3 Å². The van der Waals surface area contributed by atoms with Crippen LogP contribution < -0.4 is 10.6 Å². The van der Waals surface area contributed by atoms with E-state index in [0.717, 1.165) is 50.9 Å². The first kappa shape index (κ1) is 35.6. The standard InChI is InChI=1S/C23H29N5O2.2C2HF3O2/c24-23(25)28-11-1-2-18-3-4-19(14-20(18)15-28)22(29)30-16-17-7-12-27(13-8-17)21-5-9-26-10-6-21;2*3-2(4,5)1(6)7/h3-6,9-10,14,17H,1-2,7-8,11-13,15-16H2,(H3,24,25);2*(H,6,7). The Bertz CT molecular complexity index is 1260. The van der Waals surface area contributed by atoms with E-state index in [2.05, 4.69) is 9.88 Å². The van der Waals surface area contributed by atoms with Crippen molar-refractivity contribution in [2.75, 3.05) is 31.1 Å². The molecule has 242 valence electrons. The number of hydrogen-bond acceptors (Lipinski definition) is 7. The predicted molar refractivity (Wildman–Crippen MR) is 144 cm³/mol. The number of ether oxygens (including phenoxy) is 1. The lowest BCUT2D eigenvalue weighted by atomic mass is 9.97. The van der Waals surface area contributed by atoms with Gasteiger partial charge in [-0.1, -0.05) is 6.07 Å². The molecule has 0 radical (unpaired) electrons. The normalized spacial score (nSPS) is 15.3. The summed E-state index contributed by atoms with van der Waals surface area (Å²) in [5, 5.41) is 22.0. The molecular formula is C27H31F6N5O6. The second-order valence-corrected chi connectivity index (χ2v) is 9.73. The molecule has 5 N–H and O–H groups in total. The number of alkyl halides is 6. The highest BCUT2D eigenvalue weighted by Gasteiger charge is 2.38. The zero-order valence-electron chi connectivity index (χ0n) is 23.2. The number of aromatic nitrogens is 1. The summed E-state index contributed by atoms with van der Waals surface area (Å²) in [7, 11) is 0. The van der Waals surface area contributed by atoms with Crippen molar-refractivity contribution < 1.29 is 55.7 Å². The minimum absolute atomic E-state index is 0.0777. The molecule has 0 atom stereocenters. The molecule has 1 saturated heterocycles. The summed E-state index contributed by atoms with van der Waals surface area (Å²) in [4.78, 5) is 38.7. The van der Waals surface area contributed by atoms with Crippen LogP contribution in [0, 0.1) is 11.3 Å². The summed E-state index contributed by atoms with van der Waals surface area (Å²) in [6.07, 6.45) is -2.63. The summed E-state index contributed by atoms with van der Waals surface area (Å²) in [6.45, 7) is 3.72. The fraction of sp³-hybridized carbons (Fsp3) is 0.444.